The molecule has 0 unspecified atom stereocenters. The van der Waals surface area contributed by atoms with Crippen molar-refractivity contribution in [2.45, 2.75) is 31.7 Å². The Hall–Kier alpha value is -2.67. The fourth-order valence-corrected chi connectivity index (χ4v) is 3.60. The number of piperidine rings is 1. The zero-order chi connectivity index (χ0) is 18.6. The number of carbonyl (C=O) groups excluding carboxylic acids is 1. The normalized spacial score (nSPS) is 15.2. The minimum atomic E-state index is 0.129. The van der Waals surface area contributed by atoms with Crippen molar-refractivity contribution in [2.24, 2.45) is 0 Å². The molecule has 3 aromatic rings. The first-order chi connectivity index (χ1) is 13.2. The van der Waals surface area contributed by atoms with E-state index in [1.54, 1.807) is 18.9 Å². The maximum Gasteiger partial charge on any atom is 0.223 e. The third-order valence-electron chi connectivity index (χ3n) is 4.87. The van der Waals surface area contributed by atoms with Crippen molar-refractivity contribution in [1.82, 2.24) is 24.6 Å². The molecule has 1 aliphatic rings. The van der Waals surface area contributed by atoms with Crippen molar-refractivity contribution in [3.8, 4) is 11.3 Å². The second-order valence-electron chi connectivity index (χ2n) is 6.59. The average Bonchev–Trinajstić information content (AvgIpc) is 3.39. The van der Waals surface area contributed by atoms with Gasteiger partial charge < -0.3 is 9.32 Å². The molecule has 0 N–H and O–H groups in total. The van der Waals surface area contributed by atoms with Crippen LogP contribution in [0.3, 0.4) is 0 Å². The first kappa shape index (κ1) is 17.7. The molecule has 0 aliphatic carbocycles. The molecule has 4 rings (SSSR count). The fourth-order valence-electron chi connectivity index (χ4n) is 3.37. The quantitative estimate of drug-likeness (QED) is 0.672. The lowest BCUT2D eigenvalue weighted by Crippen LogP contribution is -2.39. The molecule has 0 bridgehead atoms. The van der Waals surface area contributed by atoms with Gasteiger partial charge in [0.1, 0.15) is 12.7 Å². The molecule has 8 heteroatoms. The van der Waals surface area contributed by atoms with Crippen LogP contribution in [0.2, 0.25) is 5.02 Å². The Labute approximate surface area is 162 Å². The summed E-state index contributed by atoms with van der Waals surface area (Å²) in [5.41, 5.74) is 0.805. The van der Waals surface area contributed by atoms with Gasteiger partial charge >= 0.3 is 0 Å². The highest BCUT2D eigenvalue weighted by molar-refractivity contribution is 6.33. The van der Waals surface area contributed by atoms with Crippen LogP contribution < -0.4 is 0 Å². The van der Waals surface area contributed by atoms with E-state index < -0.39 is 0 Å². The van der Waals surface area contributed by atoms with Crippen LogP contribution in [0.4, 0.5) is 0 Å². The summed E-state index contributed by atoms with van der Waals surface area (Å²) >= 11 is 6.19. The van der Waals surface area contributed by atoms with E-state index in [1.807, 2.05) is 33.8 Å². The van der Waals surface area contributed by atoms with Crippen molar-refractivity contribution < 1.29 is 9.21 Å². The van der Waals surface area contributed by atoms with Crippen LogP contribution >= 0.6 is 11.6 Å². The minimum Gasteiger partial charge on any atom is -0.441 e. The number of nitrogens with zero attached hydrogens (tertiary/aromatic N) is 5. The van der Waals surface area contributed by atoms with E-state index in [2.05, 4.69) is 15.1 Å². The smallest absolute Gasteiger partial charge is 0.223 e. The summed E-state index contributed by atoms with van der Waals surface area (Å²) in [6, 6.07) is 7.79. The summed E-state index contributed by atoms with van der Waals surface area (Å²) in [4.78, 5) is 22.7. The highest BCUT2D eigenvalue weighted by Gasteiger charge is 2.24. The molecule has 3 heterocycles. The summed E-state index contributed by atoms with van der Waals surface area (Å²) in [6.45, 7) is 1.47. The second kappa shape index (κ2) is 7.92. The lowest BCUT2D eigenvalue weighted by Gasteiger charge is -2.31. The standard InChI is InChI=1S/C19H20ClN5O2/c20-16-4-2-1-3-15(16)17-11-22-18(27-17)5-6-19(26)24-9-7-14(8-10-24)25-13-21-12-23-25/h1-4,11-14H,5-10H2. The van der Waals surface area contributed by atoms with E-state index in [-0.39, 0.29) is 5.91 Å². The number of rotatable bonds is 5. The lowest BCUT2D eigenvalue weighted by molar-refractivity contribution is -0.132. The monoisotopic (exact) mass is 385 g/mol. The van der Waals surface area contributed by atoms with Crippen LogP contribution in [-0.4, -0.2) is 43.6 Å². The van der Waals surface area contributed by atoms with Crippen molar-refractivity contribution >= 4 is 17.5 Å². The molecule has 1 saturated heterocycles. The Morgan fingerprint density at radius 3 is 2.81 bits per heavy atom. The average molecular weight is 386 g/mol. The number of hydrogen-bond acceptors (Lipinski definition) is 5. The zero-order valence-electron chi connectivity index (χ0n) is 14.8. The van der Waals surface area contributed by atoms with Crippen LogP contribution in [0.25, 0.3) is 11.3 Å². The number of oxazole rings is 1. The van der Waals surface area contributed by atoms with Crippen LogP contribution in [0.15, 0.2) is 47.5 Å². The molecule has 0 atom stereocenters. The predicted molar refractivity (Wildman–Crippen MR) is 100 cm³/mol. The number of amides is 1. The second-order valence-corrected chi connectivity index (χ2v) is 6.99. The molecule has 7 nitrogen and oxygen atoms in total. The van der Waals surface area contributed by atoms with Gasteiger partial charge in [0.15, 0.2) is 11.7 Å². The van der Waals surface area contributed by atoms with Gasteiger partial charge in [-0.05, 0) is 25.0 Å². The summed E-state index contributed by atoms with van der Waals surface area (Å²) in [7, 11) is 0. The van der Waals surface area contributed by atoms with Gasteiger partial charge in [0.2, 0.25) is 5.91 Å². The molecule has 1 aromatic carbocycles. The Balaban J connectivity index is 1.29. The molecule has 0 spiro atoms. The van der Waals surface area contributed by atoms with E-state index >= 15 is 0 Å². The minimum absolute atomic E-state index is 0.129. The van der Waals surface area contributed by atoms with E-state index in [4.69, 9.17) is 16.0 Å². The Bertz CT molecular complexity index is 900. The highest BCUT2D eigenvalue weighted by Crippen LogP contribution is 2.28. The molecule has 27 heavy (non-hydrogen) atoms. The molecule has 2 aromatic heterocycles. The molecule has 0 radical (unpaired) electrons. The van der Waals surface area contributed by atoms with Crippen LogP contribution in [-0.2, 0) is 11.2 Å². The predicted octanol–water partition coefficient (Wildman–Crippen LogP) is 3.38. The summed E-state index contributed by atoms with van der Waals surface area (Å²) in [6.07, 6.45) is 7.59. The first-order valence-corrected chi connectivity index (χ1v) is 9.40. The Kier molecular flexibility index (Phi) is 5.20. The molecule has 1 fully saturated rings. The molecule has 0 saturated carbocycles. The first-order valence-electron chi connectivity index (χ1n) is 9.02. The largest absolute Gasteiger partial charge is 0.441 e. The van der Waals surface area contributed by atoms with Gasteiger partial charge in [-0.25, -0.2) is 14.6 Å². The molecule has 140 valence electrons. The van der Waals surface area contributed by atoms with E-state index in [1.165, 1.54) is 0 Å². The van der Waals surface area contributed by atoms with E-state index in [0.717, 1.165) is 31.5 Å². The van der Waals surface area contributed by atoms with Gasteiger partial charge in [0, 0.05) is 31.5 Å². The number of aromatic nitrogens is 4. The molecular formula is C19H20ClN5O2. The van der Waals surface area contributed by atoms with Crippen LogP contribution in [0.1, 0.15) is 31.2 Å². The van der Waals surface area contributed by atoms with Crippen molar-refractivity contribution in [2.75, 3.05) is 13.1 Å². The molecular weight excluding hydrogens is 366 g/mol. The topological polar surface area (TPSA) is 77.0 Å². The van der Waals surface area contributed by atoms with Gasteiger partial charge in [-0.1, -0.05) is 23.7 Å². The van der Waals surface area contributed by atoms with Crippen molar-refractivity contribution in [3.63, 3.8) is 0 Å². The third kappa shape index (κ3) is 4.03. The van der Waals surface area contributed by atoms with Gasteiger partial charge in [-0.3, -0.25) is 4.79 Å². The lowest BCUT2D eigenvalue weighted by atomic mass is 10.0. The SMILES string of the molecule is O=C(CCc1ncc(-c2ccccc2Cl)o1)N1CCC(n2cncn2)CC1. The van der Waals surface area contributed by atoms with Gasteiger partial charge in [-0.15, -0.1) is 0 Å². The third-order valence-corrected chi connectivity index (χ3v) is 5.20. The zero-order valence-corrected chi connectivity index (χ0v) is 15.5. The van der Waals surface area contributed by atoms with Gasteiger partial charge in [0.05, 0.1) is 17.3 Å². The summed E-state index contributed by atoms with van der Waals surface area (Å²) in [5, 5.41) is 4.81. The number of benzene rings is 1. The maximum absolute atomic E-state index is 12.5. The molecule has 1 aliphatic heterocycles. The van der Waals surface area contributed by atoms with Gasteiger partial charge in [0.25, 0.3) is 0 Å². The molecule has 1 amide bonds. The number of halogens is 1. The fraction of sp³-hybridized carbons (Fsp3) is 0.368. The highest BCUT2D eigenvalue weighted by atomic mass is 35.5. The van der Waals surface area contributed by atoms with E-state index in [9.17, 15) is 4.79 Å². The number of hydrogen-bond donors (Lipinski definition) is 0. The van der Waals surface area contributed by atoms with Gasteiger partial charge in [-0.2, -0.15) is 5.10 Å². The summed E-state index contributed by atoms with van der Waals surface area (Å²) in [5.74, 6) is 1.30. The van der Waals surface area contributed by atoms with E-state index in [0.29, 0.717) is 35.6 Å². The van der Waals surface area contributed by atoms with Crippen molar-refractivity contribution in [1.29, 1.82) is 0 Å². The number of aryl methyl sites for hydroxylation is 1. The number of likely N-dealkylation sites (tertiary alicyclic amines) is 1. The number of carbonyl (C=O) groups is 1. The maximum atomic E-state index is 12.5. The summed E-state index contributed by atoms with van der Waals surface area (Å²) < 4.78 is 7.65. The van der Waals surface area contributed by atoms with Crippen molar-refractivity contribution in [3.05, 3.63) is 54.0 Å². The van der Waals surface area contributed by atoms with Crippen LogP contribution in [0.5, 0.6) is 0 Å². The Morgan fingerprint density at radius 2 is 2.07 bits per heavy atom. The Morgan fingerprint density at radius 1 is 1.26 bits per heavy atom. The van der Waals surface area contributed by atoms with Crippen LogP contribution in [0, 0.1) is 0 Å².